The molecule has 11 atom stereocenters. The number of hydrogen-bond donors (Lipinski definition) is 13. The van der Waals surface area contributed by atoms with E-state index in [0.29, 0.717) is 35.4 Å². The van der Waals surface area contributed by atoms with Crippen LogP contribution in [0.3, 0.4) is 0 Å². The maximum atomic E-state index is 14.7. The molecule has 8 amide bonds. The number of aromatic nitrogens is 2. The van der Waals surface area contributed by atoms with Gasteiger partial charge in [-0.05, 0) is 67.1 Å². The van der Waals surface area contributed by atoms with Gasteiger partial charge in [-0.15, -0.1) is 0 Å². The molecule has 1 aromatic heterocycles. The fourth-order valence-electron chi connectivity index (χ4n) is 8.18. The molecule has 24 heteroatoms. The first-order chi connectivity index (χ1) is 37.0. The van der Waals surface area contributed by atoms with Gasteiger partial charge in [-0.1, -0.05) is 109 Å². The van der Waals surface area contributed by atoms with Crippen LogP contribution in [0, 0.1) is 17.8 Å². The summed E-state index contributed by atoms with van der Waals surface area (Å²) in [5.74, 6) is -8.08. The first-order valence-corrected chi connectivity index (χ1v) is 27.6. The van der Waals surface area contributed by atoms with Gasteiger partial charge in [-0.2, -0.15) is 11.8 Å². The van der Waals surface area contributed by atoms with Crippen LogP contribution in [0.5, 0.6) is 0 Å². The molecule has 1 heterocycles. The van der Waals surface area contributed by atoms with Crippen LogP contribution in [-0.4, -0.2) is 158 Å². The molecule has 2 aromatic carbocycles. The van der Waals surface area contributed by atoms with Crippen LogP contribution < -0.4 is 48.3 Å². The number of aliphatic hydroxyl groups excluding tert-OH is 2. The van der Waals surface area contributed by atoms with Crippen LogP contribution in [0.15, 0.2) is 73.2 Å². The third kappa shape index (κ3) is 22.2. The number of aromatic amines is 1. The number of benzene rings is 2. The second-order valence-electron chi connectivity index (χ2n) is 20.3. The summed E-state index contributed by atoms with van der Waals surface area (Å²) in [5, 5.41) is 51.9. The van der Waals surface area contributed by atoms with Crippen molar-refractivity contribution >= 4 is 65.0 Å². The molecule has 0 fully saturated rings. The third-order valence-corrected chi connectivity index (χ3v) is 13.4. The Morgan fingerprint density at radius 1 is 0.577 bits per heavy atom. The van der Waals surface area contributed by atoms with Gasteiger partial charge < -0.3 is 68.6 Å². The van der Waals surface area contributed by atoms with Crippen molar-refractivity contribution in [1.82, 2.24) is 52.5 Å². The number of carboxylic acids is 1. The van der Waals surface area contributed by atoms with Crippen molar-refractivity contribution in [3.8, 4) is 0 Å². The van der Waals surface area contributed by atoms with Gasteiger partial charge in [0.05, 0.1) is 25.1 Å². The number of H-pyrrole nitrogens is 1. The highest BCUT2D eigenvalue weighted by atomic mass is 32.2. The van der Waals surface area contributed by atoms with Gasteiger partial charge in [0, 0.05) is 31.2 Å². The normalized spacial score (nSPS) is 15.6. The molecule has 0 aliphatic carbocycles. The molecule has 3 rings (SSSR count). The van der Waals surface area contributed by atoms with Gasteiger partial charge in [0.15, 0.2) is 0 Å². The number of carboxylic acid groups (broad SMARTS) is 1. The van der Waals surface area contributed by atoms with Crippen molar-refractivity contribution in [3.05, 3.63) is 90.0 Å². The summed E-state index contributed by atoms with van der Waals surface area (Å²) in [6.45, 7) is 11.1. The summed E-state index contributed by atoms with van der Waals surface area (Å²) in [6.07, 6.45) is 3.57. The molecule has 23 nitrogen and oxygen atoms in total. The fraction of sp³-hybridized carbons (Fsp3) is 0.556. The lowest BCUT2D eigenvalue weighted by molar-refractivity contribution is -0.143. The predicted octanol–water partition coefficient (Wildman–Crippen LogP) is -0.00760. The molecular formula is C54H81N11O12S. The Balaban J connectivity index is 1.96. The molecule has 0 aliphatic heterocycles. The number of thioether (sulfide) groups is 1. The zero-order chi connectivity index (χ0) is 58.1. The average molecular weight is 1110 g/mol. The highest BCUT2D eigenvalue weighted by Gasteiger charge is 2.37. The quantitative estimate of drug-likeness (QED) is 0.0374. The summed E-state index contributed by atoms with van der Waals surface area (Å²) in [6, 6.07) is 4.90. The summed E-state index contributed by atoms with van der Waals surface area (Å²) in [5.41, 5.74) is 7.63. The van der Waals surface area contributed by atoms with Crippen LogP contribution in [0.4, 0.5) is 0 Å². The SMILES string of the molecule is CC[C@H](C)[C@H](NC(=O)[C@H](CO)NC(=O)[C@H](Cc1ccccc1)NC(=O)[C@H](Cc1ccccc1)NC(=O)[C@H](Cc1cnc[nH]1)NC(=O)[C@@H](NC(=O)[C@H](CCSC)NC(=O)[C@@H](N)CC(C)C)[C@@H](C)O)C(=O)N[C@@H](CC(C)C)C(=O)O. The lowest BCUT2D eigenvalue weighted by Gasteiger charge is -2.29. The number of rotatable bonds is 34. The smallest absolute Gasteiger partial charge is 0.326 e. The minimum absolute atomic E-state index is 0.0855. The zero-order valence-corrected chi connectivity index (χ0v) is 46.6. The minimum atomic E-state index is -1.66. The van der Waals surface area contributed by atoms with Crippen LogP contribution in [0.25, 0.3) is 0 Å². The Bertz CT molecular complexity index is 2400. The van der Waals surface area contributed by atoms with E-state index < -0.39 is 126 Å². The number of aliphatic carboxylic acids is 1. The zero-order valence-electron chi connectivity index (χ0n) is 45.7. The van der Waals surface area contributed by atoms with Gasteiger partial charge in [-0.25, -0.2) is 9.78 Å². The Kier molecular flexibility index (Phi) is 28.0. The molecule has 430 valence electrons. The van der Waals surface area contributed by atoms with Gasteiger partial charge >= 0.3 is 5.97 Å². The first kappa shape index (κ1) is 65.4. The molecule has 3 aromatic rings. The predicted molar refractivity (Wildman–Crippen MR) is 294 cm³/mol. The Hall–Kier alpha value is -6.89. The lowest BCUT2D eigenvalue weighted by Crippen LogP contribution is -2.62. The molecule has 78 heavy (non-hydrogen) atoms. The Labute approximate surface area is 460 Å². The van der Waals surface area contributed by atoms with Crippen molar-refractivity contribution in [3.63, 3.8) is 0 Å². The van der Waals surface area contributed by atoms with Crippen molar-refractivity contribution < 1.29 is 58.5 Å². The monoisotopic (exact) mass is 1110 g/mol. The van der Waals surface area contributed by atoms with Gasteiger partial charge in [0.2, 0.25) is 47.3 Å². The summed E-state index contributed by atoms with van der Waals surface area (Å²) in [7, 11) is 0. The second kappa shape index (κ2) is 33.4. The molecule has 14 N–H and O–H groups in total. The van der Waals surface area contributed by atoms with E-state index in [-0.39, 0.29) is 43.9 Å². The summed E-state index contributed by atoms with van der Waals surface area (Å²) in [4.78, 5) is 131. The number of aliphatic hydroxyl groups is 2. The number of nitrogens with two attached hydrogens (primary N) is 1. The number of carbonyl (C=O) groups excluding carboxylic acids is 8. The highest BCUT2D eigenvalue weighted by molar-refractivity contribution is 7.98. The van der Waals surface area contributed by atoms with E-state index in [9.17, 15) is 58.5 Å². The largest absolute Gasteiger partial charge is 0.480 e. The van der Waals surface area contributed by atoms with Crippen LogP contribution >= 0.6 is 11.8 Å². The summed E-state index contributed by atoms with van der Waals surface area (Å²) >= 11 is 1.42. The molecule has 0 bridgehead atoms. The highest BCUT2D eigenvalue weighted by Crippen LogP contribution is 2.14. The van der Waals surface area contributed by atoms with Crippen molar-refractivity contribution in [2.45, 2.75) is 154 Å². The second-order valence-corrected chi connectivity index (χ2v) is 21.3. The molecule has 0 unspecified atom stereocenters. The molecule has 0 aliphatic rings. The van der Waals surface area contributed by atoms with Gasteiger partial charge in [0.1, 0.15) is 48.3 Å². The van der Waals surface area contributed by atoms with E-state index >= 15 is 0 Å². The number of carbonyl (C=O) groups is 9. The number of hydrogen-bond acceptors (Lipinski definition) is 14. The maximum absolute atomic E-state index is 14.7. The molecular weight excluding hydrogens is 1030 g/mol. The Morgan fingerprint density at radius 3 is 1.46 bits per heavy atom. The summed E-state index contributed by atoms with van der Waals surface area (Å²) < 4.78 is 0. The van der Waals surface area contributed by atoms with Crippen LogP contribution in [0.1, 0.15) is 91.0 Å². The van der Waals surface area contributed by atoms with Crippen molar-refractivity contribution in [2.75, 3.05) is 18.6 Å². The fourth-order valence-corrected chi connectivity index (χ4v) is 8.66. The van der Waals surface area contributed by atoms with Crippen molar-refractivity contribution in [1.29, 1.82) is 0 Å². The van der Waals surface area contributed by atoms with Crippen LogP contribution in [0.2, 0.25) is 0 Å². The average Bonchev–Trinajstić information content (AvgIpc) is 3.93. The lowest BCUT2D eigenvalue weighted by atomic mass is 9.96. The van der Waals surface area contributed by atoms with E-state index in [2.05, 4.69) is 52.5 Å². The maximum Gasteiger partial charge on any atom is 0.326 e. The number of amides is 8. The first-order valence-electron chi connectivity index (χ1n) is 26.2. The Morgan fingerprint density at radius 2 is 1.01 bits per heavy atom. The van der Waals surface area contributed by atoms with E-state index in [4.69, 9.17) is 5.73 Å². The van der Waals surface area contributed by atoms with Gasteiger partial charge in [-0.3, -0.25) is 38.4 Å². The number of nitrogens with zero attached hydrogens (tertiary/aromatic N) is 1. The molecule has 0 saturated heterocycles. The number of imidazole rings is 1. The third-order valence-electron chi connectivity index (χ3n) is 12.7. The molecule has 0 spiro atoms. The van der Waals surface area contributed by atoms with E-state index in [1.165, 1.54) is 31.2 Å². The van der Waals surface area contributed by atoms with Gasteiger partial charge in [0.25, 0.3) is 0 Å². The van der Waals surface area contributed by atoms with Crippen LogP contribution in [-0.2, 0) is 62.4 Å². The molecule has 0 radical (unpaired) electrons. The van der Waals surface area contributed by atoms with E-state index in [1.807, 2.05) is 20.1 Å². The van der Waals surface area contributed by atoms with E-state index in [1.54, 1.807) is 88.4 Å². The minimum Gasteiger partial charge on any atom is -0.480 e. The number of nitrogens with one attached hydrogen (secondary N) is 9. The van der Waals surface area contributed by atoms with E-state index in [0.717, 1.165) is 0 Å². The van der Waals surface area contributed by atoms with Crippen molar-refractivity contribution in [2.24, 2.45) is 23.5 Å². The standard InChI is InChI=1S/C54H81N11O12S/c1-9-32(6)44(52(74)62-42(54(76)77)23-31(4)5)64-51(73)43(28-66)63-49(71)40(25-35-18-14-11-15-19-35)59-48(70)39(24-34-16-12-10-13-17-34)60-50(72)41(26-36-27-56-29-57-36)61-53(75)45(33(7)67)65-47(69)38(20-21-78-8)58-46(68)37(55)22-30(2)3/h10-19,27,29-33,37-45,66-67H,9,20-26,28,55H2,1-8H3,(H,56,57)(H,58,68)(H,59,70)(H,60,72)(H,61,75)(H,62,74)(H,63,71)(H,64,73)(H,65,69)(H,76,77)/t32-,33+,37-,38-,39-,40-,41-,42-,43-,44-,45-/m0/s1. The topological polar surface area (TPSA) is 365 Å². The molecule has 0 saturated carbocycles.